The van der Waals surface area contributed by atoms with Crippen LogP contribution in [0.15, 0.2) is 47.6 Å². The molecule has 2 rings (SSSR count). The van der Waals surface area contributed by atoms with Gasteiger partial charge >= 0.3 is 0 Å². The lowest BCUT2D eigenvalue weighted by molar-refractivity contribution is 0.581. The van der Waals surface area contributed by atoms with Crippen LogP contribution in [0, 0.1) is 0 Å². The zero-order valence-corrected chi connectivity index (χ0v) is 12.0. The van der Waals surface area contributed by atoms with Crippen molar-refractivity contribution >= 4 is 33.2 Å². The molecule has 2 aromatic rings. The fraction of sp³-hybridized carbons (Fsp3) is 0.0833. The standard InChI is InChI=1S/C12H10Cl2N2O2S/c13-10-3-4-12(11(14)6-10)19(17,18)16-8-9-2-1-5-15-7-9/h1-7,16H,8H2. The summed E-state index contributed by atoms with van der Waals surface area (Å²) >= 11 is 11.6. The molecule has 1 heterocycles. The van der Waals surface area contributed by atoms with Crippen molar-refractivity contribution in [2.75, 3.05) is 0 Å². The van der Waals surface area contributed by atoms with Crippen molar-refractivity contribution in [1.82, 2.24) is 9.71 Å². The van der Waals surface area contributed by atoms with Gasteiger partial charge in [0, 0.05) is 24.0 Å². The first-order chi connectivity index (χ1) is 8.99. The van der Waals surface area contributed by atoms with Crippen LogP contribution in [-0.4, -0.2) is 13.4 Å². The van der Waals surface area contributed by atoms with Crippen LogP contribution < -0.4 is 4.72 Å². The monoisotopic (exact) mass is 316 g/mol. The van der Waals surface area contributed by atoms with E-state index >= 15 is 0 Å². The maximum absolute atomic E-state index is 12.1. The van der Waals surface area contributed by atoms with E-state index in [1.165, 1.54) is 18.2 Å². The average molecular weight is 317 g/mol. The Bertz CT molecular complexity index is 675. The summed E-state index contributed by atoms with van der Waals surface area (Å²) in [6.45, 7) is 0.148. The summed E-state index contributed by atoms with van der Waals surface area (Å²) in [7, 11) is -3.67. The van der Waals surface area contributed by atoms with Crippen LogP contribution in [0.25, 0.3) is 0 Å². The summed E-state index contributed by atoms with van der Waals surface area (Å²) in [5, 5.41) is 0.474. The van der Waals surface area contributed by atoms with Gasteiger partial charge in [-0.25, -0.2) is 13.1 Å². The zero-order chi connectivity index (χ0) is 13.9. The Hall–Kier alpha value is -1.14. The predicted octanol–water partition coefficient (Wildman–Crippen LogP) is 2.87. The molecule has 0 saturated carbocycles. The van der Waals surface area contributed by atoms with Crippen LogP contribution in [0.1, 0.15) is 5.56 Å². The Morgan fingerprint density at radius 3 is 2.63 bits per heavy atom. The van der Waals surface area contributed by atoms with Gasteiger partial charge in [0.05, 0.1) is 5.02 Å². The molecule has 0 amide bonds. The lowest BCUT2D eigenvalue weighted by Gasteiger charge is -2.08. The van der Waals surface area contributed by atoms with Crippen LogP contribution in [0.3, 0.4) is 0 Å². The zero-order valence-electron chi connectivity index (χ0n) is 9.68. The van der Waals surface area contributed by atoms with Crippen molar-refractivity contribution in [1.29, 1.82) is 0 Å². The van der Waals surface area contributed by atoms with Crippen molar-refractivity contribution < 1.29 is 8.42 Å². The number of sulfonamides is 1. The lowest BCUT2D eigenvalue weighted by Crippen LogP contribution is -2.23. The minimum atomic E-state index is -3.67. The average Bonchev–Trinajstić information content (AvgIpc) is 2.37. The molecule has 0 aliphatic heterocycles. The fourth-order valence-electron chi connectivity index (χ4n) is 1.45. The molecule has 0 fully saturated rings. The Balaban J connectivity index is 2.19. The highest BCUT2D eigenvalue weighted by molar-refractivity contribution is 7.89. The first-order valence-corrected chi connectivity index (χ1v) is 7.56. The highest BCUT2D eigenvalue weighted by Crippen LogP contribution is 2.24. The summed E-state index contributed by atoms with van der Waals surface area (Å²) in [4.78, 5) is 3.91. The third-order valence-corrected chi connectivity index (χ3v) is 4.49. The van der Waals surface area contributed by atoms with E-state index in [1.54, 1.807) is 24.5 Å². The van der Waals surface area contributed by atoms with Gasteiger partial charge in [0.2, 0.25) is 10.0 Å². The van der Waals surface area contributed by atoms with Gasteiger partial charge in [-0.1, -0.05) is 29.3 Å². The number of aromatic nitrogens is 1. The summed E-state index contributed by atoms with van der Waals surface area (Å²) < 4.78 is 26.6. The van der Waals surface area contributed by atoms with Gasteiger partial charge in [0.25, 0.3) is 0 Å². The van der Waals surface area contributed by atoms with Crippen LogP contribution in [0.4, 0.5) is 0 Å². The fourth-order valence-corrected chi connectivity index (χ4v) is 3.24. The number of hydrogen-bond donors (Lipinski definition) is 1. The van der Waals surface area contributed by atoms with Crippen molar-refractivity contribution in [3.8, 4) is 0 Å². The Kier molecular flexibility index (Phi) is 4.42. The molecule has 0 bridgehead atoms. The molecular formula is C12H10Cl2N2O2S. The van der Waals surface area contributed by atoms with Gasteiger partial charge in [0.15, 0.2) is 0 Å². The van der Waals surface area contributed by atoms with Gasteiger partial charge in [-0.15, -0.1) is 0 Å². The van der Waals surface area contributed by atoms with Gasteiger partial charge in [-0.3, -0.25) is 4.98 Å². The molecule has 1 N–H and O–H groups in total. The smallest absolute Gasteiger partial charge is 0.242 e. The summed E-state index contributed by atoms with van der Waals surface area (Å²) in [5.41, 5.74) is 0.760. The van der Waals surface area contributed by atoms with E-state index in [-0.39, 0.29) is 16.5 Å². The van der Waals surface area contributed by atoms with E-state index < -0.39 is 10.0 Å². The molecule has 0 spiro atoms. The number of benzene rings is 1. The Morgan fingerprint density at radius 2 is 2.00 bits per heavy atom. The van der Waals surface area contributed by atoms with Crippen LogP contribution in [0.2, 0.25) is 10.0 Å². The molecule has 0 aliphatic carbocycles. The molecule has 1 aromatic carbocycles. The van der Waals surface area contributed by atoms with Gasteiger partial charge in [-0.05, 0) is 29.8 Å². The summed E-state index contributed by atoms with van der Waals surface area (Å²) in [6.07, 6.45) is 3.21. The van der Waals surface area contributed by atoms with Crippen molar-refractivity contribution in [2.24, 2.45) is 0 Å². The van der Waals surface area contributed by atoms with Gasteiger partial charge in [-0.2, -0.15) is 0 Å². The minimum absolute atomic E-state index is 0.00227. The Labute approximate surface area is 121 Å². The molecule has 7 heteroatoms. The van der Waals surface area contributed by atoms with E-state index in [1.807, 2.05) is 0 Å². The van der Waals surface area contributed by atoms with Crippen LogP contribution >= 0.6 is 23.2 Å². The van der Waals surface area contributed by atoms with Crippen molar-refractivity contribution in [3.05, 3.63) is 58.3 Å². The predicted molar refractivity (Wildman–Crippen MR) is 74.7 cm³/mol. The largest absolute Gasteiger partial charge is 0.264 e. The molecular weight excluding hydrogens is 307 g/mol. The molecule has 0 atom stereocenters. The molecule has 100 valence electrons. The third-order valence-electron chi connectivity index (χ3n) is 2.37. The van der Waals surface area contributed by atoms with Crippen molar-refractivity contribution in [2.45, 2.75) is 11.4 Å². The topological polar surface area (TPSA) is 59.1 Å². The molecule has 19 heavy (non-hydrogen) atoms. The number of nitrogens with one attached hydrogen (secondary N) is 1. The molecule has 0 unspecified atom stereocenters. The number of pyridine rings is 1. The van der Waals surface area contributed by atoms with E-state index in [9.17, 15) is 8.42 Å². The Morgan fingerprint density at radius 1 is 1.21 bits per heavy atom. The highest BCUT2D eigenvalue weighted by Gasteiger charge is 2.17. The lowest BCUT2D eigenvalue weighted by atomic mass is 10.3. The van der Waals surface area contributed by atoms with Gasteiger partial charge < -0.3 is 0 Å². The minimum Gasteiger partial charge on any atom is -0.264 e. The SMILES string of the molecule is O=S(=O)(NCc1cccnc1)c1ccc(Cl)cc1Cl. The third kappa shape index (κ3) is 3.67. The first-order valence-electron chi connectivity index (χ1n) is 5.33. The molecule has 0 aliphatic rings. The molecule has 1 aromatic heterocycles. The normalized spacial score (nSPS) is 11.5. The molecule has 4 nitrogen and oxygen atoms in total. The number of halogens is 2. The van der Waals surface area contributed by atoms with Crippen molar-refractivity contribution in [3.63, 3.8) is 0 Å². The van der Waals surface area contributed by atoms with Crippen LogP contribution in [0.5, 0.6) is 0 Å². The number of nitrogens with zero attached hydrogens (tertiary/aromatic N) is 1. The van der Waals surface area contributed by atoms with Crippen LogP contribution in [-0.2, 0) is 16.6 Å². The second-order valence-electron chi connectivity index (χ2n) is 3.76. The number of hydrogen-bond acceptors (Lipinski definition) is 3. The maximum atomic E-state index is 12.1. The van der Waals surface area contributed by atoms with E-state index in [4.69, 9.17) is 23.2 Å². The first kappa shape index (κ1) is 14.3. The van der Waals surface area contributed by atoms with E-state index in [0.717, 1.165) is 5.56 Å². The van der Waals surface area contributed by atoms with Gasteiger partial charge in [0.1, 0.15) is 4.90 Å². The highest BCUT2D eigenvalue weighted by atomic mass is 35.5. The van der Waals surface area contributed by atoms with E-state index in [2.05, 4.69) is 9.71 Å². The maximum Gasteiger partial charge on any atom is 0.242 e. The second kappa shape index (κ2) is 5.88. The number of rotatable bonds is 4. The molecule has 0 saturated heterocycles. The quantitative estimate of drug-likeness (QED) is 0.943. The summed E-state index contributed by atoms with van der Waals surface area (Å²) in [6, 6.07) is 7.75. The summed E-state index contributed by atoms with van der Waals surface area (Å²) in [5.74, 6) is 0. The second-order valence-corrected chi connectivity index (χ2v) is 6.34. The molecule has 0 radical (unpaired) electrons. The van der Waals surface area contributed by atoms with E-state index in [0.29, 0.717) is 5.02 Å².